The molecule has 0 radical (unpaired) electrons. The van der Waals surface area contributed by atoms with Gasteiger partial charge in [-0.1, -0.05) is 6.92 Å². The van der Waals surface area contributed by atoms with E-state index in [1.54, 1.807) is 0 Å². The van der Waals surface area contributed by atoms with E-state index < -0.39 is 24.6 Å². The van der Waals surface area contributed by atoms with E-state index in [0.717, 1.165) is 5.88 Å². The molecule has 76 valence electrons. The van der Waals surface area contributed by atoms with Crippen LogP contribution in [0.2, 0.25) is 0 Å². The van der Waals surface area contributed by atoms with E-state index in [2.05, 4.69) is 0 Å². The van der Waals surface area contributed by atoms with Crippen LogP contribution in [0.15, 0.2) is 0 Å². The number of alkyl halides is 1. The lowest BCUT2D eigenvalue weighted by molar-refractivity contribution is 0.392. The van der Waals surface area contributed by atoms with Crippen molar-refractivity contribution in [3.05, 3.63) is 0 Å². The van der Waals surface area contributed by atoms with Crippen molar-refractivity contribution in [2.24, 2.45) is 0 Å². The molecule has 0 spiro atoms. The molecule has 10 heteroatoms. The third-order valence-corrected chi connectivity index (χ3v) is 5.74. The summed E-state index contributed by atoms with van der Waals surface area (Å²) in [7, 11) is 0. The Bertz CT molecular complexity index is 176. The third-order valence-electron chi connectivity index (χ3n) is 0.213. The molecule has 0 rings (SSSR count). The van der Waals surface area contributed by atoms with Crippen LogP contribution < -0.4 is 0 Å². The van der Waals surface area contributed by atoms with Gasteiger partial charge in [-0.3, -0.25) is 0 Å². The molecule has 0 heterocycles. The summed E-state index contributed by atoms with van der Waals surface area (Å²) in [4.78, 5) is 31.7. The minimum Gasteiger partial charge on any atom is -0.316 e. The maximum atomic E-state index is 9.81. The lowest BCUT2D eigenvalue weighted by Gasteiger charge is -2.01. The molecule has 0 aliphatic heterocycles. The third kappa shape index (κ3) is 22.4. The second-order valence-electron chi connectivity index (χ2n) is 1.33. The lowest BCUT2D eigenvalue weighted by atomic mass is 11.0. The Labute approximate surface area is 78.1 Å². The molecule has 0 unspecified atom stereocenters. The molecule has 4 N–H and O–H groups in total. The van der Waals surface area contributed by atoms with Crippen molar-refractivity contribution >= 4 is 36.2 Å². The molecular formula is C2H9ClO6P2S. The van der Waals surface area contributed by atoms with Crippen molar-refractivity contribution < 1.29 is 28.7 Å². The van der Waals surface area contributed by atoms with Crippen molar-refractivity contribution in [1.29, 1.82) is 0 Å². The van der Waals surface area contributed by atoms with E-state index in [-0.39, 0.29) is 0 Å². The van der Waals surface area contributed by atoms with Gasteiger partial charge in [0.15, 0.2) is 0 Å². The molecule has 0 saturated carbocycles. The van der Waals surface area contributed by atoms with Crippen molar-refractivity contribution in [3.8, 4) is 0 Å². The zero-order chi connectivity index (χ0) is 10.4. The van der Waals surface area contributed by atoms with Gasteiger partial charge < -0.3 is 19.6 Å². The zero-order valence-electron chi connectivity index (χ0n) is 5.99. The first kappa shape index (κ1) is 15.4. The predicted octanol–water partition coefficient (Wildman–Crippen LogP) is 1.15. The number of hydrogen-bond acceptors (Lipinski definition) is 3. The summed E-state index contributed by atoms with van der Waals surface area (Å²) in [5.41, 5.74) is 0. The fourth-order valence-electron chi connectivity index (χ4n) is 0.139. The van der Waals surface area contributed by atoms with Crippen molar-refractivity contribution in [1.82, 2.24) is 0 Å². The summed E-state index contributed by atoms with van der Waals surface area (Å²) >= 11 is 4.35. The number of hydrogen-bond donors (Lipinski definition) is 4. The van der Waals surface area contributed by atoms with E-state index in [1.807, 2.05) is 6.92 Å². The lowest BCUT2D eigenvalue weighted by Crippen LogP contribution is -1.71. The molecule has 6 nitrogen and oxygen atoms in total. The van der Waals surface area contributed by atoms with Gasteiger partial charge in [0.2, 0.25) is 0 Å². The quantitative estimate of drug-likeness (QED) is 0.434. The number of halogens is 1. The summed E-state index contributed by atoms with van der Waals surface area (Å²) in [5.74, 6) is 0.722. The predicted molar refractivity (Wildman–Crippen MR) is 48.1 cm³/mol. The summed E-state index contributed by atoms with van der Waals surface area (Å²) in [6.45, 7) is -7.38. The second kappa shape index (κ2) is 6.40. The van der Waals surface area contributed by atoms with Crippen LogP contribution in [0.5, 0.6) is 0 Å². The van der Waals surface area contributed by atoms with Gasteiger partial charge in [0, 0.05) is 5.88 Å². The van der Waals surface area contributed by atoms with Crippen LogP contribution in [0.25, 0.3) is 0 Å². The van der Waals surface area contributed by atoms with Gasteiger partial charge in [-0.2, -0.15) is 0 Å². The highest BCUT2D eigenvalue weighted by atomic mass is 35.5. The molecule has 0 aliphatic carbocycles. The maximum Gasteiger partial charge on any atom is 0.395 e. The molecule has 0 aromatic carbocycles. The number of rotatable bonds is 2. The molecule has 0 amide bonds. The molecule has 0 saturated heterocycles. The molecule has 0 aromatic rings. The van der Waals surface area contributed by atoms with E-state index in [1.165, 1.54) is 0 Å². The topological polar surface area (TPSA) is 115 Å². The normalized spacial score (nSPS) is 11.8. The van der Waals surface area contributed by atoms with Crippen LogP contribution in [0.4, 0.5) is 0 Å². The van der Waals surface area contributed by atoms with Gasteiger partial charge in [-0.05, 0) is 0 Å². The molecule has 12 heavy (non-hydrogen) atoms. The van der Waals surface area contributed by atoms with Crippen LogP contribution in [-0.4, -0.2) is 25.5 Å². The highest BCUT2D eigenvalue weighted by Crippen LogP contribution is 2.69. The van der Waals surface area contributed by atoms with Gasteiger partial charge in [0.1, 0.15) is 0 Å². The van der Waals surface area contributed by atoms with Gasteiger partial charge in [0.05, 0.1) is 11.0 Å². The largest absolute Gasteiger partial charge is 0.395 e. The molecule has 0 bridgehead atoms. The van der Waals surface area contributed by atoms with Crippen LogP contribution in [0, 0.1) is 0 Å². The van der Waals surface area contributed by atoms with Gasteiger partial charge in [0.25, 0.3) is 0 Å². The average molecular weight is 259 g/mol. The molecule has 0 fully saturated rings. The van der Waals surface area contributed by atoms with Crippen molar-refractivity contribution in [3.63, 3.8) is 0 Å². The smallest absolute Gasteiger partial charge is 0.316 e. The van der Waals surface area contributed by atoms with E-state index >= 15 is 0 Å². The monoisotopic (exact) mass is 258 g/mol. The van der Waals surface area contributed by atoms with Gasteiger partial charge >= 0.3 is 13.6 Å². The minimum absolute atomic E-state index is 0.653. The molecule has 0 aliphatic rings. The van der Waals surface area contributed by atoms with Crippen LogP contribution in [-0.2, 0) is 9.13 Å². The summed E-state index contributed by atoms with van der Waals surface area (Å²) in [6.07, 6.45) is 0. The summed E-state index contributed by atoms with van der Waals surface area (Å²) in [5, 5.41) is 0. The fourth-order valence-corrected chi connectivity index (χ4v) is 3.74. The first-order chi connectivity index (χ1) is 5.12. The standard InChI is InChI=1S/C2H5Cl.H4O6P2S/c1-2-3;1-7(2,3)9-8(4,5)6/h2H2,1H3;(H2,1,2,3)(H2,4,5,6). The highest BCUT2D eigenvalue weighted by molar-refractivity contribution is 8.84. The molecular weight excluding hydrogens is 249 g/mol. The summed E-state index contributed by atoms with van der Waals surface area (Å²) in [6, 6.07) is 0. The molecule has 0 atom stereocenters. The van der Waals surface area contributed by atoms with E-state index in [0.29, 0.717) is 0 Å². The minimum atomic E-state index is -4.63. The van der Waals surface area contributed by atoms with Crippen LogP contribution >= 0.6 is 36.2 Å². The summed E-state index contributed by atoms with van der Waals surface area (Å²) < 4.78 is 19.6. The Balaban J connectivity index is 0. The Kier molecular flexibility index (Phi) is 8.22. The van der Waals surface area contributed by atoms with Crippen molar-refractivity contribution in [2.75, 3.05) is 5.88 Å². The van der Waals surface area contributed by atoms with Crippen LogP contribution in [0.3, 0.4) is 0 Å². The Hall–Kier alpha value is 0.940. The first-order valence-electron chi connectivity index (χ1n) is 2.50. The van der Waals surface area contributed by atoms with Gasteiger partial charge in [-0.15, -0.1) is 11.6 Å². The Morgan fingerprint density at radius 2 is 1.33 bits per heavy atom. The SMILES string of the molecule is CCCl.O=P(O)(O)SP(=O)(O)O. The zero-order valence-corrected chi connectivity index (χ0v) is 9.35. The van der Waals surface area contributed by atoms with Crippen LogP contribution in [0.1, 0.15) is 6.92 Å². The Morgan fingerprint density at radius 3 is 1.33 bits per heavy atom. The van der Waals surface area contributed by atoms with E-state index in [4.69, 9.17) is 31.2 Å². The first-order valence-corrected chi connectivity index (χ1v) is 8.29. The highest BCUT2D eigenvalue weighted by Gasteiger charge is 2.28. The Morgan fingerprint density at radius 1 is 1.17 bits per heavy atom. The van der Waals surface area contributed by atoms with Gasteiger partial charge in [-0.25, -0.2) is 9.13 Å². The second-order valence-corrected chi connectivity index (χ2v) is 8.80. The fraction of sp³-hybridized carbons (Fsp3) is 1.00. The average Bonchev–Trinajstić information content (AvgIpc) is 1.53. The van der Waals surface area contributed by atoms with Crippen molar-refractivity contribution in [2.45, 2.75) is 6.92 Å². The molecule has 0 aromatic heterocycles. The van der Waals surface area contributed by atoms with E-state index in [9.17, 15) is 9.13 Å². The maximum absolute atomic E-state index is 9.81.